The van der Waals surface area contributed by atoms with Crippen molar-refractivity contribution in [1.29, 1.82) is 0 Å². The molecule has 0 saturated heterocycles. The number of nitro groups is 1. The maximum atomic E-state index is 11.9. The first-order valence-corrected chi connectivity index (χ1v) is 6.81. The molecule has 0 aromatic heterocycles. The molecule has 22 heavy (non-hydrogen) atoms. The Balaban J connectivity index is 2.13. The maximum Gasteiger partial charge on any atom is 0.272 e. The maximum absolute atomic E-state index is 11.9. The van der Waals surface area contributed by atoms with E-state index in [-0.39, 0.29) is 11.3 Å². The number of hydrazone groups is 1. The minimum absolute atomic E-state index is 0.0154. The van der Waals surface area contributed by atoms with Gasteiger partial charge in [-0.15, -0.1) is 0 Å². The molecule has 1 N–H and O–H groups in total. The predicted molar refractivity (Wildman–Crippen MR) is 81.7 cm³/mol. The van der Waals surface area contributed by atoms with Gasteiger partial charge in [0, 0.05) is 16.6 Å². The lowest BCUT2D eigenvalue weighted by Crippen LogP contribution is -2.18. The molecule has 0 fully saturated rings. The molecule has 7 nitrogen and oxygen atoms in total. The molecule has 2 aromatic carbocycles. The fourth-order valence-corrected chi connectivity index (χ4v) is 2.08. The first-order valence-electron chi connectivity index (χ1n) is 6.02. The minimum Gasteiger partial charge on any atom is -0.872 e. The SMILES string of the molecule is O=C(N/N=C\c1cc([N+](=O)[O-])ccc1[O-])c1ccccc1Br. The van der Waals surface area contributed by atoms with Crippen LogP contribution in [0.2, 0.25) is 0 Å². The normalized spacial score (nSPS) is 10.6. The van der Waals surface area contributed by atoms with E-state index in [0.29, 0.717) is 10.0 Å². The van der Waals surface area contributed by atoms with E-state index in [1.807, 2.05) is 0 Å². The highest BCUT2D eigenvalue weighted by Crippen LogP contribution is 2.19. The van der Waals surface area contributed by atoms with Crippen LogP contribution >= 0.6 is 15.9 Å². The van der Waals surface area contributed by atoms with Crippen LogP contribution < -0.4 is 10.5 Å². The number of nitrogens with zero attached hydrogens (tertiary/aromatic N) is 2. The highest BCUT2D eigenvalue weighted by molar-refractivity contribution is 9.10. The van der Waals surface area contributed by atoms with E-state index in [1.165, 1.54) is 0 Å². The van der Waals surface area contributed by atoms with Gasteiger partial charge in [0.05, 0.1) is 16.7 Å². The fraction of sp³-hybridized carbons (Fsp3) is 0. The Hall–Kier alpha value is -2.74. The predicted octanol–water partition coefficient (Wildman–Crippen LogP) is 2.19. The lowest BCUT2D eigenvalue weighted by atomic mass is 10.2. The zero-order valence-electron chi connectivity index (χ0n) is 11.0. The number of benzene rings is 2. The summed E-state index contributed by atoms with van der Waals surface area (Å²) in [6.07, 6.45) is 1.07. The van der Waals surface area contributed by atoms with Crippen molar-refractivity contribution in [2.24, 2.45) is 5.10 Å². The molecule has 0 spiro atoms. The van der Waals surface area contributed by atoms with E-state index in [4.69, 9.17) is 0 Å². The molecule has 2 aromatic rings. The third-order valence-electron chi connectivity index (χ3n) is 2.69. The van der Waals surface area contributed by atoms with Crippen LogP contribution in [0.5, 0.6) is 5.75 Å². The van der Waals surface area contributed by atoms with Crippen molar-refractivity contribution in [3.8, 4) is 5.75 Å². The van der Waals surface area contributed by atoms with Gasteiger partial charge in [0.25, 0.3) is 11.6 Å². The van der Waals surface area contributed by atoms with Gasteiger partial charge in [-0.3, -0.25) is 14.9 Å². The van der Waals surface area contributed by atoms with Crippen molar-refractivity contribution in [2.75, 3.05) is 0 Å². The zero-order chi connectivity index (χ0) is 16.1. The molecule has 0 saturated carbocycles. The molecule has 112 valence electrons. The third kappa shape index (κ3) is 3.67. The Morgan fingerprint density at radius 2 is 2.00 bits per heavy atom. The van der Waals surface area contributed by atoms with Crippen molar-refractivity contribution < 1.29 is 14.8 Å². The number of nitro benzene ring substituents is 1. The van der Waals surface area contributed by atoms with Crippen molar-refractivity contribution in [3.63, 3.8) is 0 Å². The highest BCUT2D eigenvalue weighted by atomic mass is 79.9. The number of rotatable bonds is 4. The molecule has 0 heterocycles. The molecule has 0 bridgehead atoms. The summed E-state index contributed by atoms with van der Waals surface area (Å²) in [5.41, 5.74) is 2.42. The number of hydrogen-bond donors (Lipinski definition) is 1. The van der Waals surface area contributed by atoms with Gasteiger partial charge in [0.1, 0.15) is 0 Å². The molecule has 0 atom stereocenters. The number of hydrogen-bond acceptors (Lipinski definition) is 5. The van der Waals surface area contributed by atoms with Gasteiger partial charge in [0.2, 0.25) is 0 Å². The fourth-order valence-electron chi connectivity index (χ4n) is 1.62. The summed E-state index contributed by atoms with van der Waals surface area (Å²) in [5.74, 6) is -0.897. The van der Waals surface area contributed by atoms with Crippen molar-refractivity contribution >= 4 is 33.7 Å². The van der Waals surface area contributed by atoms with Gasteiger partial charge in [-0.05, 0) is 33.6 Å². The van der Waals surface area contributed by atoms with Crippen LogP contribution in [0.15, 0.2) is 52.0 Å². The second kappa shape index (κ2) is 6.81. The Morgan fingerprint density at radius 3 is 2.68 bits per heavy atom. The molecule has 0 unspecified atom stereocenters. The lowest BCUT2D eigenvalue weighted by Gasteiger charge is -2.08. The van der Waals surface area contributed by atoms with E-state index < -0.39 is 16.6 Å². The van der Waals surface area contributed by atoms with Gasteiger partial charge in [-0.1, -0.05) is 23.9 Å². The Labute approximate surface area is 133 Å². The van der Waals surface area contributed by atoms with Crippen LogP contribution in [0.1, 0.15) is 15.9 Å². The smallest absolute Gasteiger partial charge is 0.272 e. The van der Waals surface area contributed by atoms with Crippen LogP contribution in [0.3, 0.4) is 0 Å². The monoisotopic (exact) mass is 362 g/mol. The van der Waals surface area contributed by atoms with E-state index in [2.05, 4.69) is 26.5 Å². The van der Waals surface area contributed by atoms with Crippen LogP contribution in [-0.4, -0.2) is 17.0 Å². The second-order valence-electron chi connectivity index (χ2n) is 4.16. The van der Waals surface area contributed by atoms with Gasteiger partial charge in [-0.25, -0.2) is 5.43 Å². The summed E-state index contributed by atoms with van der Waals surface area (Å²) in [5, 5.41) is 25.9. The van der Waals surface area contributed by atoms with E-state index in [0.717, 1.165) is 24.4 Å². The first kappa shape index (κ1) is 15.6. The molecule has 8 heteroatoms. The number of nitrogens with one attached hydrogen (secondary N) is 1. The summed E-state index contributed by atoms with van der Waals surface area (Å²) in [7, 11) is 0. The average Bonchev–Trinajstić information content (AvgIpc) is 2.49. The lowest BCUT2D eigenvalue weighted by molar-refractivity contribution is -0.385. The quantitative estimate of drug-likeness (QED) is 0.510. The van der Waals surface area contributed by atoms with Gasteiger partial charge < -0.3 is 5.11 Å². The zero-order valence-corrected chi connectivity index (χ0v) is 12.6. The standard InChI is InChI=1S/C14H10BrN3O4/c15-12-4-2-1-3-11(12)14(20)17-16-8-9-7-10(18(21)22)5-6-13(9)19/h1-8,19H,(H,17,20)/p-1/b16-8-. The van der Waals surface area contributed by atoms with E-state index >= 15 is 0 Å². The largest absolute Gasteiger partial charge is 0.872 e. The third-order valence-corrected chi connectivity index (χ3v) is 3.38. The van der Waals surface area contributed by atoms with Gasteiger partial charge >= 0.3 is 0 Å². The first-order chi connectivity index (χ1) is 10.5. The van der Waals surface area contributed by atoms with Crippen molar-refractivity contribution in [1.82, 2.24) is 5.43 Å². The average molecular weight is 363 g/mol. The Kier molecular flexibility index (Phi) is 4.84. The van der Waals surface area contributed by atoms with Crippen molar-refractivity contribution in [2.45, 2.75) is 0 Å². The molecule has 0 aliphatic carbocycles. The highest BCUT2D eigenvalue weighted by Gasteiger charge is 2.08. The molecular formula is C14H9BrN3O4-. The van der Waals surface area contributed by atoms with E-state index in [9.17, 15) is 20.0 Å². The number of halogens is 1. The Morgan fingerprint density at radius 1 is 1.27 bits per heavy atom. The number of amides is 1. The number of carbonyl (C=O) groups excluding carboxylic acids is 1. The summed E-state index contributed by atoms with van der Waals surface area (Å²) in [4.78, 5) is 21.9. The molecule has 0 aliphatic heterocycles. The van der Waals surface area contributed by atoms with Gasteiger partial charge in [-0.2, -0.15) is 5.10 Å². The molecule has 0 radical (unpaired) electrons. The molecule has 1 amide bonds. The minimum atomic E-state index is -0.615. The number of non-ortho nitro benzene ring substituents is 1. The van der Waals surface area contributed by atoms with Crippen LogP contribution in [0.4, 0.5) is 5.69 Å². The second-order valence-corrected chi connectivity index (χ2v) is 5.01. The van der Waals surface area contributed by atoms with Crippen LogP contribution in [0, 0.1) is 10.1 Å². The summed E-state index contributed by atoms with van der Waals surface area (Å²) in [6.45, 7) is 0. The molecule has 2 rings (SSSR count). The molecule has 0 aliphatic rings. The molecular weight excluding hydrogens is 354 g/mol. The topological polar surface area (TPSA) is 108 Å². The van der Waals surface area contributed by atoms with Crippen LogP contribution in [-0.2, 0) is 0 Å². The summed E-state index contributed by atoms with van der Waals surface area (Å²) in [6, 6.07) is 10.0. The summed E-state index contributed by atoms with van der Waals surface area (Å²) >= 11 is 3.23. The van der Waals surface area contributed by atoms with E-state index in [1.54, 1.807) is 24.3 Å². The number of carbonyl (C=O) groups is 1. The van der Waals surface area contributed by atoms with Crippen LogP contribution in [0.25, 0.3) is 0 Å². The van der Waals surface area contributed by atoms with Gasteiger partial charge in [0.15, 0.2) is 0 Å². The Bertz CT molecular complexity index is 762. The van der Waals surface area contributed by atoms with Crippen molar-refractivity contribution in [3.05, 3.63) is 68.2 Å². The summed E-state index contributed by atoms with van der Waals surface area (Å²) < 4.78 is 0.600.